The van der Waals surface area contributed by atoms with Gasteiger partial charge in [-0.2, -0.15) is 0 Å². The summed E-state index contributed by atoms with van der Waals surface area (Å²) in [5.41, 5.74) is 2.98. The molecule has 1 aromatic carbocycles. The molecule has 1 nitrogen and oxygen atoms in total. The van der Waals surface area contributed by atoms with E-state index in [9.17, 15) is 8.78 Å². The van der Waals surface area contributed by atoms with Crippen molar-refractivity contribution in [2.75, 3.05) is 13.1 Å². The first-order valence-electron chi connectivity index (χ1n) is 6.35. The number of alkyl halides is 2. The number of hydrogen-bond donors (Lipinski definition) is 1. The van der Waals surface area contributed by atoms with Gasteiger partial charge in [0.05, 0.1) is 0 Å². The van der Waals surface area contributed by atoms with Crippen LogP contribution in [0.3, 0.4) is 0 Å². The summed E-state index contributed by atoms with van der Waals surface area (Å²) in [5.74, 6) is -2.05. The molecule has 17 heavy (non-hydrogen) atoms. The number of piperidine rings is 1. The molecule has 3 rings (SSSR count). The van der Waals surface area contributed by atoms with Crippen LogP contribution in [0.1, 0.15) is 35.4 Å². The maximum Gasteiger partial charge on any atom is 0.256 e. The highest BCUT2D eigenvalue weighted by Gasteiger charge is 2.39. The SMILES string of the molecule is FC1(F)Cc2cccc(C3CCNCC3)c2C1. The molecule has 1 saturated heterocycles. The van der Waals surface area contributed by atoms with E-state index in [2.05, 4.69) is 11.4 Å². The van der Waals surface area contributed by atoms with Crippen LogP contribution in [0.15, 0.2) is 18.2 Å². The third-order valence-corrected chi connectivity index (χ3v) is 3.97. The van der Waals surface area contributed by atoms with Crippen LogP contribution in [0, 0.1) is 0 Å². The van der Waals surface area contributed by atoms with E-state index in [0.717, 1.165) is 37.1 Å². The number of nitrogens with one attached hydrogen (secondary N) is 1. The smallest absolute Gasteiger partial charge is 0.256 e. The lowest BCUT2D eigenvalue weighted by molar-refractivity contribution is 0.0129. The lowest BCUT2D eigenvalue weighted by Gasteiger charge is -2.25. The van der Waals surface area contributed by atoms with Crippen LogP contribution in [0.4, 0.5) is 8.78 Å². The Hall–Kier alpha value is -0.960. The van der Waals surface area contributed by atoms with Gasteiger partial charge in [0.15, 0.2) is 0 Å². The standard InChI is InChI=1S/C14H17F2N/c15-14(16)8-11-2-1-3-12(13(11)9-14)10-4-6-17-7-5-10/h1-3,10,17H,4-9H2. The zero-order valence-corrected chi connectivity index (χ0v) is 9.81. The third kappa shape index (κ3) is 2.08. The number of rotatable bonds is 1. The van der Waals surface area contributed by atoms with Crippen LogP contribution in [0.25, 0.3) is 0 Å². The molecule has 1 heterocycles. The van der Waals surface area contributed by atoms with E-state index < -0.39 is 5.92 Å². The predicted octanol–water partition coefficient (Wildman–Crippen LogP) is 2.89. The molecule has 1 fully saturated rings. The molecule has 1 aromatic rings. The minimum Gasteiger partial charge on any atom is -0.317 e. The van der Waals surface area contributed by atoms with Gasteiger partial charge >= 0.3 is 0 Å². The fourth-order valence-electron chi connectivity index (χ4n) is 3.15. The molecule has 1 aliphatic heterocycles. The first-order valence-corrected chi connectivity index (χ1v) is 6.35. The minimum absolute atomic E-state index is 0.0531. The summed E-state index contributed by atoms with van der Waals surface area (Å²) in [5, 5.41) is 3.32. The van der Waals surface area contributed by atoms with Crippen molar-refractivity contribution in [1.29, 1.82) is 0 Å². The third-order valence-electron chi connectivity index (χ3n) is 3.97. The zero-order chi connectivity index (χ0) is 11.9. The molecule has 0 spiro atoms. The van der Waals surface area contributed by atoms with Gasteiger partial charge < -0.3 is 5.32 Å². The number of halogens is 2. The molecule has 2 aliphatic rings. The Labute approximate surface area is 100 Å². The van der Waals surface area contributed by atoms with Crippen LogP contribution in [-0.4, -0.2) is 19.0 Å². The molecule has 0 radical (unpaired) electrons. The van der Waals surface area contributed by atoms with E-state index in [-0.39, 0.29) is 12.8 Å². The van der Waals surface area contributed by atoms with Crippen molar-refractivity contribution < 1.29 is 8.78 Å². The molecular weight excluding hydrogens is 220 g/mol. The quantitative estimate of drug-likeness (QED) is 0.792. The van der Waals surface area contributed by atoms with E-state index in [4.69, 9.17) is 0 Å². The molecule has 0 atom stereocenters. The molecule has 3 heteroatoms. The van der Waals surface area contributed by atoms with Crippen molar-refractivity contribution in [2.24, 2.45) is 0 Å². The molecule has 92 valence electrons. The molecule has 0 bridgehead atoms. The number of fused-ring (bicyclic) bond motifs is 1. The van der Waals surface area contributed by atoms with E-state index in [1.54, 1.807) is 0 Å². The van der Waals surface area contributed by atoms with Crippen molar-refractivity contribution in [3.8, 4) is 0 Å². The Morgan fingerprint density at radius 3 is 2.65 bits per heavy atom. The summed E-state index contributed by atoms with van der Waals surface area (Å²) in [7, 11) is 0. The molecule has 0 amide bonds. The highest BCUT2D eigenvalue weighted by molar-refractivity contribution is 5.42. The molecular formula is C14H17F2N. The van der Waals surface area contributed by atoms with Crippen molar-refractivity contribution >= 4 is 0 Å². The van der Waals surface area contributed by atoms with Gasteiger partial charge in [-0.15, -0.1) is 0 Å². The molecule has 1 aliphatic carbocycles. The summed E-state index contributed by atoms with van der Waals surface area (Å²) in [6.45, 7) is 2.01. The van der Waals surface area contributed by atoms with Gasteiger partial charge in [-0.05, 0) is 48.5 Å². The average molecular weight is 237 g/mol. The van der Waals surface area contributed by atoms with Crippen LogP contribution in [0.2, 0.25) is 0 Å². The Bertz CT molecular complexity index is 422. The van der Waals surface area contributed by atoms with E-state index in [1.807, 2.05) is 12.1 Å². The van der Waals surface area contributed by atoms with Gasteiger partial charge in [-0.1, -0.05) is 18.2 Å². The van der Waals surface area contributed by atoms with Crippen molar-refractivity contribution in [1.82, 2.24) is 5.32 Å². The lowest BCUT2D eigenvalue weighted by atomic mass is 9.86. The highest BCUT2D eigenvalue weighted by atomic mass is 19.3. The topological polar surface area (TPSA) is 12.0 Å². The Morgan fingerprint density at radius 2 is 1.88 bits per heavy atom. The summed E-state index contributed by atoms with van der Waals surface area (Å²) >= 11 is 0. The van der Waals surface area contributed by atoms with E-state index in [1.165, 1.54) is 5.56 Å². The van der Waals surface area contributed by atoms with Gasteiger partial charge in [0.1, 0.15) is 0 Å². The summed E-state index contributed by atoms with van der Waals surface area (Å²) in [6.07, 6.45) is 2.02. The first-order chi connectivity index (χ1) is 8.16. The van der Waals surface area contributed by atoms with Gasteiger partial charge in [0, 0.05) is 12.8 Å². The largest absolute Gasteiger partial charge is 0.317 e. The van der Waals surface area contributed by atoms with Crippen molar-refractivity contribution in [2.45, 2.75) is 37.5 Å². The van der Waals surface area contributed by atoms with E-state index in [0.29, 0.717) is 5.92 Å². The van der Waals surface area contributed by atoms with Crippen LogP contribution < -0.4 is 5.32 Å². The lowest BCUT2D eigenvalue weighted by Crippen LogP contribution is -2.27. The normalized spacial score (nSPS) is 23.6. The summed E-state index contributed by atoms with van der Waals surface area (Å²) in [6, 6.07) is 5.86. The van der Waals surface area contributed by atoms with Gasteiger partial charge in [0.25, 0.3) is 5.92 Å². The first kappa shape index (κ1) is 11.1. The van der Waals surface area contributed by atoms with Crippen LogP contribution in [0.5, 0.6) is 0 Å². The average Bonchev–Trinajstić information content (AvgIpc) is 2.63. The fraction of sp³-hybridized carbons (Fsp3) is 0.571. The fourth-order valence-corrected chi connectivity index (χ4v) is 3.15. The monoisotopic (exact) mass is 237 g/mol. The summed E-state index contributed by atoms with van der Waals surface area (Å²) in [4.78, 5) is 0. The number of benzene rings is 1. The Kier molecular flexibility index (Phi) is 2.66. The second kappa shape index (κ2) is 4.05. The maximum absolute atomic E-state index is 13.5. The van der Waals surface area contributed by atoms with Crippen LogP contribution >= 0.6 is 0 Å². The molecule has 0 unspecified atom stereocenters. The van der Waals surface area contributed by atoms with Gasteiger partial charge in [-0.25, -0.2) is 8.78 Å². The predicted molar refractivity (Wildman–Crippen MR) is 63.6 cm³/mol. The van der Waals surface area contributed by atoms with Crippen molar-refractivity contribution in [3.05, 3.63) is 34.9 Å². The molecule has 0 saturated carbocycles. The summed E-state index contributed by atoms with van der Waals surface area (Å²) < 4.78 is 26.9. The van der Waals surface area contributed by atoms with Gasteiger partial charge in [-0.3, -0.25) is 0 Å². The zero-order valence-electron chi connectivity index (χ0n) is 9.81. The van der Waals surface area contributed by atoms with Crippen LogP contribution in [-0.2, 0) is 12.8 Å². The highest BCUT2D eigenvalue weighted by Crippen LogP contribution is 2.40. The minimum atomic E-state index is -2.52. The second-order valence-electron chi connectivity index (χ2n) is 5.22. The maximum atomic E-state index is 13.5. The second-order valence-corrected chi connectivity index (χ2v) is 5.22. The molecule has 0 aromatic heterocycles. The van der Waals surface area contributed by atoms with E-state index >= 15 is 0 Å². The number of hydrogen-bond acceptors (Lipinski definition) is 1. The van der Waals surface area contributed by atoms with Gasteiger partial charge in [0.2, 0.25) is 0 Å². The molecule has 1 N–H and O–H groups in total. The Balaban J connectivity index is 1.94. The Morgan fingerprint density at radius 1 is 1.12 bits per heavy atom. The van der Waals surface area contributed by atoms with Crippen molar-refractivity contribution in [3.63, 3.8) is 0 Å².